The molecule has 24 heavy (non-hydrogen) atoms. The number of nitrogens with zero attached hydrogens (tertiary/aromatic N) is 2. The number of phenolic OH excluding ortho intramolecular Hbond substituents is 1. The summed E-state index contributed by atoms with van der Waals surface area (Å²) in [5.74, 6) is -0.0771. The highest BCUT2D eigenvalue weighted by molar-refractivity contribution is 5.84. The molecule has 2 rings (SSSR count). The maximum atomic E-state index is 11.7. The fourth-order valence-corrected chi connectivity index (χ4v) is 1.95. The number of hydrogen-bond acceptors (Lipinski definition) is 6. The first kappa shape index (κ1) is 16.9. The average molecular weight is 329 g/mol. The molecule has 0 aliphatic heterocycles. The summed E-state index contributed by atoms with van der Waals surface area (Å²) in [6, 6.07) is 10.6. The summed E-state index contributed by atoms with van der Waals surface area (Å²) in [4.78, 5) is 22.1. The topological polar surface area (TPSA) is 114 Å². The van der Waals surface area contributed by atoms with Crippen LogP contribution in [0.2, 0.25) is 0 Å². The van der Waals surface area contributed by atoms with Gasteiger partial charge in [0.25, 0.3) is 0 Å². The third-order valence-corrected chi connectivity index (χ3v) is 3.10. The molecule has 0 radical (unpaired) electrons. The Balaban J connectivity index is 1.98. The van der Waals surface area contributed by atoms with E-state index in [2.05, 4.69) is 10.5 Å². The highest BCUT2D eigenvalue weighted by Gasteiger charge is 2.14. The highest BCUT2D eigenvalue weighted by atomic mass is 16.6. The van der Waals surface area contributed by atoms with Crippen LogP contribution in [0.3, 0.4) is 0 Å². The van der Waals surface area contributed by atoms with Crippen molar-refractivity contribution in [2.75, 3.05) is 7.11 Å². The van der Waals surface area contributed by atoms with Crippen LogP contribution < -0.4 is 10.2 Å². The van der Waals surface area contributed by atoms with E-state index >= 15 is 0 Å². The second-order valence-corrected chi connectivity index (χ2v) is 4.82. The second kappa shape index (κ2) is 7.73. The van der Waals surface area contributed by atoms with Crippen LogP contribution >= 0.6 is 0 Å². The number of phenols is 1. The summed E-state index contributed by atoms with van der Waals surface area (Å²) in [7, 11) is 1.35. The molecule has 2 aromatic rings. The van der Waals surface area contributed by atoms with Gasteiger partial charge < -0.3 is 9.84 Å². The van der Waals surface area contributed by atoms with Crippen molar-refractivity contribution in [2.45, 2.75) is 6.42 Å². The van der Waals surface area contributed by atoms with E-state index in [1.54, 1.807) is 18.2 Å². The zero-order valence-corrected chi connectivity index (χ0v) is 12.8. The number of hydrazone groups is 1. The van der Waals surface area contributed by atoms with Crippen molar-refractivity contribution in [1.82, 2.24) is 5.43 Å². The smallest absolute Gasteiger partial charge is 0.311 e. The molecule has 0 heterocycles. The second-order valence-electron chi connectivity index (χ2n) is 4.82. The number of nitro groups is 1. The van der Waals surface area contributed by atoms with Gasteiger partial charge in [-0.3, -0.25) is 14.9 Å². The molecule has 2 aromatic carbocycles. The monoisotopic (exact) mass is 329 g/mol. The first-order chi connectivity index (χ1) is 11.5. The van der Waals surface area contributed by atoms with Crippen LogP contribution in [0.1, 0.15) is 11.1 Å². The first-order valence-corrected chi connectivity index (χ1v) is 6.92. The van der Waals surface area contributed by atoms with Crippen LogP contribution in [0.25, 0.3) is 0 Å². The SMILES string of the molecule is COc1ccc(/C=N\NC(=O)Cc2ccc(O)cc2)cc1[N+](=O)[O-]. The van der Waals surface area contributed by atoms with Crippen LogP contribution in [-0.2, 0) is 11.2 Å². The lowest BCUT2D eigenvalue weighted by atomic mass is 10.1. The van der Waals surface area contributed by atoms with Crippen molar-refractivity contribution in [2.24, 2.45) is 5.10 Å². The molecule has 2 N–H and O–H groups in total. The highest BCUT2D eigenvalue weighted by Crippen LogP contribution is 2.26. The Bertz CT molecular complexity index is 772. The lowest BCUT2D eigenvalue weighted by Gasteiger charge is -2.02. The molecule has 0 spiro atoms. The van der Waals surface area contributed by atoms with Crippen LogP contribution in [0.15, 0.2) is 47.6 Å². The predicted molar refractivity (Wildman–Crippen MR) is 87.2 cm³/mol. The van der Waals surface area contributed by atoms with E-state index in [1.165, 1.54) is 37.6 Å². The van der Waals surface area contributed by atoms with E-state index in [-0.39, 0.29) is 29.5 Å². The minimum Gasteiger partial charge on any atom is -0.508 e. The van der Waals surface area contributed by atoms with Crippen LogP contribution in [0, 0.1) is 10.1 Å². The van der Waals surface area contributed by atoms with E-state index in [0.29, 0.717) is 5.56 Å². The summed E-state index contributed by atoms with van der Waals surface area (Å²) < 4.78 is 4.91. The largest absolute Gasteiger partial charge is 0.508 e. The molecule has 0 aliphatic carbocycles. The number of nitrogens with one attached hydrogen (secondary N) is 1. The van der Waals surface area contributed by atoms with Crippen LogP contribution in [0.4, 0.5) is 5.69 Å². The van der Waals surface area contributed by atoms with Crippen LogP contribution in [-0.4, -0.2) is 29.3 Å². The van der Waals surface area contributed by atoms with Crippen molar-refractivity contribution in [1.29, 1.82) is 0 Å². The fourth-order valence-electron chi connectivity index (χ4n) is 1.95. The van der Waals surface area contributed by atoms with Crippen molar-refractivity contribution in [3.05, 3.63) is 63.7 Å². The van der Waals surface area contributed by atoms with Gasteiger partial charge in [0.2, 0.25) is 5.91 Å². The molecule has 1 amide bonds. The number of nitro benzene ring substituents is 1. The van der Waals surface area contributed by atoms with E-state index in [1.807, 2.05) is 0 Å². The number of carbonyl (C=O) groups is 1. The summed E-state index contributed by atoms with van der Waals surface area (Å²) in [5.41, 5.74) is 3.33. The van der Waals surface area contributed by atoms with Gasteiger partial charge in [0.05, 0.1) is 24.7 Å². The van der Waals surface area contributed by atoms with E-state index in [4.69, 9.17) is 4.74 Å². The Labute approximate surface area is 137 Å². The minimum atomic E-state index is -0.556. The van der Waals surface area contributed by atoms with Gasteiger partial charge in [0.15, 0.2) is 5.75 Å². The predicted octanol–water partition coefficient (Wildman–Crippen LogP) is 2.00. The molecular formula is C16H15N3O5. The lowest BCUT2D eigenvalue weighted by molar-refractivity contribution is -0.385. The Morgan fingerprint density at radius 1 is 1.33 bits per heavy atom. The molecule has 0 saturated heterocycles. The molecule has 0 saturated carbocycles. The molecule has 0 atom stereocenters. The van der Waals surface area contributed by atoms with E-state index < -0.39 is 4.92 Å². The molecule has 0 aliphatic rings. The summed E-state index contributed by atoms with van der Waals surface area (Å²) in [6.07, 6.45) is 1.40. The van der Waals surface area contributed by atoms with E-state index in [0.717, 1.165) is 5.56 Å². The van der Waals surface area contributed by atoms with Crippen molar-refractivity contribution < 1.29 is 19.6 Å². The lowest BCUT2D eigenvalue weighted by Crippen LogP contribution is -2.19. The van der Waals surface area contributed by atoms with Gasteiger partial charge in [-0.25, -0.2) is 5.43 Å². The maximum absolute atomic E-state index is 11.7. The van der Waals surface area contributed by atoms with Gasteiger partial charge in [-0.1, -0.05) is 12.1 Å². The van der Waals surface area contributed by atoms with Gasteiger partial charge >= 0.3 is 5.69 Å². The molecule has 0 bridgehead atoms. The molecule has 8 heteroatoms. The van der Waals surface area contributed by atoms with Gasteiger partial charge in [-0.15, -0.1) is 0 Å². The first-order valence-electron chi connectivity index (χ1n) is 6.92. The number of methoxy groups -OCH3 is 1. The fraction of sp³-hybridized carbons (Fsp3) is 0.125. The Morgan fingerprint density at radius 2 is 2.04 bits per heavy atom. The molecule has 0 aromatic heterocycles. The summed E-state index contributed by atoms with van der Waals surface area (Å²) in [6.45, 7) is 0. The number of hydrogen-bond donors (Lipinski definition) is 2. The number of amides is 1. The molecular weight excluding hydrogens is 314 g/mol. The van der Waals surface area contributed by atoms with Gasteiger partial charge in [-0.05, 0) is 29.8 Å². The molecule has 0 fully saturated rings. The zero-order chi connectivity index (χ0) is 17.5. The van der Waals surface area contributed by atoms with Crippen LogP contribution in [0.5, 0.6) is 11.5 Å². The molecule has 124 valence electrons. The van der Waals surface area contributed by atoms with Gasteiger partial charge in [0.1, 0.15) is 5.75 Å². The third kappa shape index (κ3) is 4.54. The quantitative estimate of drug-likeness (QED) is 0.478. The maximum Gasteiger partial charge on any atom is 0.311 e. The number of aromatic hydroxyl groups is 1. The number of ether oxygens (including phenoxy) is 1. The van der Waals surface area contributed by atoms with E-state index in [9.17, 15) is 20.0 Å². The average Bonchev–Trinajstić information content (AvgIpc) is 2.56. The number of benzene rings is 2. The van der Waals surface area contributed by atoms with Gasteiger partial charge in [-0.2, -0.15) is 5.10 Å². The normalized spacial score (nSPS) is 10.5. The van der Waals surface area contributed by atoms with Gasteiger partial charge in [0, 0.05) is 11.6 Å². The van der Waals surface area contributed by atoms with Crippen molar-refractivity contribution in [3.63, 3.8) is 0 Å². The number of carbonyl (C=O) groups excluding carboxylic acids is 1. The van der Waals surface area contributed by atoms with Crippen molar-refractivity contribution >= 4 is 17.8 Å². The number of rotatable bonds is 6. The zero-order valence-electron chi connectivity index (χ0n) is 12.8. The Kier molecular flexibility index (Phi) is 5.45. The standard InChI is InChI=1S/C16H15N3O5/c1-24-15-7-4-12(8-14(15)19(22)23)10-17-18-16(21)9-11-2-5-13(20)6-3-11/h2-8,10,20H,9H2,1H3,(H,18,21)/b17-10-. The van der Waals surface area contributed by atoms with Crippen molar-refractivity contribution in [3.8, 4) is 11.5 Å². The minimum absolute atomic E-state index is 0.0976. The molecule has 8 nitrogen and oxygen atoms in total. The third-order valence-electron chi connectivity index (χ3n) is 3.10. The molecule has 0 unspecified atom stereocenters. The Hall–Kier alpha value is -3.42. The summed E-state index contributed by atoms with van der Waals surface area (Å²) >= 11 is 0. The summed E-state index contributed by atoms with van der Waals surface area (Å²) in [5, 5.41) is 23.9. The Morgan fingerprint density at radius 3 is 2.67 bits per heavy atom.